The molecule has 0 aliphatic carbocycles. The van der Waals surface area contributed by atoms with Gasteiger partial charge >= 0.3 is 0 Å². The SMILES string of the molecule is Cc1cc(Br)cc(-c2nc3ccc(Br)cc3[nH]2)c1. The minimum atomic E-state index is 0.896. The number of hydrogen-bond donors (Lipinski definition) is 1. The predicted octanol–water partition coefficient (Wildman–Crippen LogP) is 5.06. The first-order valence-corrected chi connectivity index (χ1v) is 7.13. The first-order chi connectivity index (χ1) is 8.61. The van der Waals surface area contributed by atoms with Crippen LogP contribution in [0.4, 0.5) is 0 Å². The summed E-state index contributed by atoms with van der Waals surface area (Å²) in [5, 5.41) is 0. The van der Waals surface area contributed by atoms with Crippen LogP contribution in [0.2, 0.25) is 0 Å². The van der Waals surface area contributed by atoms with Crippen molar-refractivity contribution in [3.63, 3.8) is 0 Å². The summed E-state index contributed by atoms with van der Waals surface area (Å²) in [6.07, 6.45) is 0. The molecule has 2 nitrogen and oxygen atoms in total. The van der Waals surface area contributed by atoms with Crippen LogP contribution in [0.15, 0.2) is 45.3 Å². The Kier molecular flexibility index (Phi) is 2.99. The van der Waals surface area contributed by atoms with E-state index in [1.807, 2.05) is 18.2 Å². The van der Waals surface area contributed by atoms with Crippen molar-refractivity contribution in [1.29, 1.82) is 0 Å². The second-order valence-corrected chi connectivity index (χ2v) is 6.10. The highest BCUT2D eigenvalue weighted by Gasteiger charge is 2.06. The Bertz CT molecular complexity index is 711. The summed E-state index contributed by atoms with van der Waals surface area (Å²) in [6.45, 7) is 2.08. The van der Waals surface area contributed by atoms with Crippen molar-refractivity contribution in [2.24, 2.45) is 0 Å². The third kappa shape index (κ3) is 2.22. The van der Waals surface area contributed by atoms with Crippen LogP contribution >= 0.6 is 31.9 Å². The van der Waals surface area contributed by atoms with Crippen molar-refractivity contribution in [3.8, 4) is 11.4 Å². The minimum Gasteiger partial charge on any atom is -0.338 e. The predicted molar refractivity (Wildman–Crippen MR) is 81.7 cm³/mol. The lowest BCUT2D eigenvalue weighted by atomic mass is 10.1. The van der Waals surface area contributed by atoms with E-state index >= 15 is 0 Å². The summed E-state index contributed by atoms with van der Waals surface area (Å²) in [6, 6.07) is 12.3. The Hall–Kier alpha value is -1.13. The molecule has 0 saturated heterocycles. The van der Waals surface area contributed by atoms with E-state index in [9.17, 15) is 0 Å². The van der Waals surface area contributed by atoms with Gasteiger partial charge in [-0.1, -0.05) is 31.9 Å². The normalized spacial score (nSPS) is 11.1. The van der Waals surface area contributed by atoms with E-state index in [4.69, 9.17) is 0 Å². The minimum absolute atomic E-state index is 0.896. The fraction of sp³-hybridized carbons (Fsp3) is 0.0714. The van der Waals surface area contributed by atoms with E-state index in [-0.39, 0.29) is 0 Å². The Balaban J connectivity index is 2.19. The third-order valence-electron chi connectivity index (χ3n) is 2.76. The van der Waals surface area contributed by atoms with E-state index in [1.54, 1.807) is 0 Å². The van der Waals surface area contributed by atoms with Gasteiger partial charge in [0, 0.05) is 14.5 Å². The van der Waals surface area contributed by atoms with Crippen LogP contribution in [-0.4, -0.2) is 9.97 Å². The van der Waals surface area contributed by atoms with Gasteiger partial charge in [-0.2, -0.15) is 0 Å². The molecule has 3 aromatic rings. The van der Waals surface area contributed by atoms with Gasteiger partial charge in [-0.15, -0.1) is 0 Å². The average molecular weight is 366 g/mol. The summed E-state index contributed by atoms with van der Waals surface area (Å²) < 4.78 is 2.12. The van der Waals surface area contributed by atoms with Gasteiger partial charge in [0.2, 0.25) is 0 Å². The summed E-state index contributed by atoms with van der Waals surface area (Å²) in [4.78, 5) is 7.95. The molecule has 2 aromatic carbocycles. The molecular formula is C14H10Br2N2. The number of fused-ring (bicyclic) bond motifs is 1. The number of aryl methyl sites for hydroxylation is 1. The first kappa shape index (κ1) is 11.9. The van der Waals surface area contributed by atoms with Gasteiger partial charge in [0.05, 0.1) is 11.0 Å². The van der Waals surface area contributed by atoms with Gasteiger partial charge in [-0.25, -0.2) is 4.98 Å². The highest BCUT2D eigenvalue weighted by Crippen LogP contribution is 2.26. The Morgan fingerprint density at radius 1 is 1.00 bits per heavy atom. The zero-order valence-electron chi connectivity index (χ0n) is 9.67. The zero-order valence-corrected chi connectivity index (χ0v) is 12.8. The third-order valence-corrected chi connectivity index (χ3v) is 3.71. The Morgan fingerprint density at radius 3 is 2.61 bits per heavy atom. The summed E-state index contributed by atoms with van der Waals surface area (Å²) in [5.41, 5.74) is 4.32. The molecule has 1 heterocycles. The van der Waals surface area contributed by atoms with E-state index in [0.717, 1.165) is 31.4 Å². The van der Waals surface area contributed by atoms with Gasteiger partial charge in [0.1, 0.15) is 5.82 Å². The number of aromatic nitrogens is 2. The molecule has 3 rings (SSSR count). The molecule has 90 valence electrons. The number of H-pyrrole nitrogens is 1. The molecule has 1 N–H and O–H groups in total. The Morgan fingerprint density at radius 2 is 1.83 bits per heavy atom. The van der Waals surface area contributed by atoms with Crippen molar-refractivity contribution in [2.45, 2.75) is 6.92 Å². The van der Waals surface area contributed by atoms with Crippen LogP contribution in [0.3, 0.4) is 0 Å². The van der Waals surface area contributed by atoms with Gasteiger partial charge in [-0.3, -0.25) is 0 Å². The monoisotopic (exact) mass is 364 g/mol. The average Bonchev–Trinajstić information content (AvgIpc) is 2.70. The fourth-order valence-corrected chi connectivity index (χ4v) is 2.96. The maximum Gasteiger partial charge on any atom is 0.138 e. The summed E-state index contributed by atoms with van der Waals surface area (Å²) in [5.74, 6) is 0.896. The molecule has 18 heavy (non-hydrogen) atoms. The van der Waals surface area contributed by atoms with Gasteiger partial charge in [0.25, 0.3) is 0 Å². The van der Waals surface area contributed by atoms with Crippen LogP contribution in [0, 0.1) is 6.92 Å². The van der Waals surface area contributed by atoms with E-state index in [0.29, 0.717) is 0 Å². The molecule has 0 bridgehead atoms. The van der Waals surface area contributed by atoms with Crippen LogP contribution < -0.4 is 0 Å². The number of nitrogens with zero attached hydrogens (tertiary/aromatic N) is 1. The lowest BCUT2D eigenvalue weighted by Crippen LogP contribution is -1.82. The smallest absolute Gasteiger partial charge is 0.138 e. The molecule has 0 saturated carbocycles. The highest BCUT2D eigenvalue weighted by atomic mass is 79.9. The molecule has 0 atom stereocenters. The number of hydrogen-bond acceptors (Lipinski definition) is 1. The fourth-order valence-electron chi connectivity index (χ4n) is 1.99. The van der Waals surface area contributed by atoms with Crippen LogP contribution in [-0.2, 0) is 0 Å². The van der Waals surface area contributed by atoms with Crippen molar-refractivity contribution >= 4 is 42.9 Å². The Labute approximate surface area is 122 Å². The van der Waals surface area contributed by atoms with E-state index in [2.05, 4.69) is 67.0 Å². The zero-order chi connectivity index (χ0) is 12.7. The van der Waals surface area contributed by atoms with Gasteiger partial charge in [0.15, 0.2) is 0 Å². The number of benzene rings is 2. The highest BCUT2D eigenvalue weighted by molar-refractivity contribution is 9.10. The lowest BCUT2D eigenvalue weighted by molar-refractivity contribution is 1.32. The van der Waals surface area contributed by atoms with Crippen molar-refractivity contribution in [2.75, 3.05) is 0 Å². The topological polar surface area (TPSA) is 28.7 Å². The molecular weight excluding hydrogens is 356 g/mol. The summed E-state index contributed by atoms with van der Waals surface area (Å²) in [7, 11) is 0. The largest absolute Gasteiger partial charge is 0.338 e. The molecule has 0 spiro atoms. The van der Waals surface area contributed by atoms with E-state index in [1.165, 1.54) is 5.56 Å². The van der Waals surface area contributed by atoms with Crippen LogP contribution in [0.25, 0.3) is 22.4 Å². The molecule has 0 aliphatic rings. The second-order valence-electron chi connectivity index (χ2n) is 4.26. The van der Waals surface area contributed by atoms with Gasteiger partial charge in [-0.05, 0) is 48.9 Å². The van der Waals surface area contributed by atoms with Crippen molar-refractivity contribution in [3.05, 3.63) is 50.9 Å². The molecule has 0 amide bonds. The lowest BCUT2D eigenvalue weighted by Gasteiger charge is -2.00. The number of aromatic amines is 1. The maximum absolute atomic E-state index is 4.61. The van der Waals surface area contributed by atoms with E-state index < -0.39 is 0 Å². The number of rotatable bonds is 1. The first-order valence-electron chi connectivity index (χ1n) is 5.55. The molecule has 0 aliphatic heterocycles. The molecule has 4 heteroatoms. The number of nitrogens with one attached hydrogen (secondary N) is 1. The number of imidazole rings is 1. The second kappa shape index (κ2) is 4.52. The quantitative estimate of drug-likeness (QED) is 0.641. The van der Waals surface area contributed by atoms with Crippen LogP contribution in [0.1, 0.15) is 5.56 Å². The molecule has 0 fully saturated rings. The molecule has 0 radical (unpaired) electrons. The van der Waals surface area contributed by atoms with Crippen molar-refractivity contribution in [1.82, 2.24) is 9.97 Å². The van der Waals surface area contributed by atoms with Gasteiger partial charge < -0.3 is 4.98 Å². The molecule has 1 aromatic heterocycles. The number of halogens is 2. The summed E-state index contributed by atoms with van der Waals surface area (Å²) >= 11 is 6.98. The van der Waals surface area contributed by atoms with Crippen molar-refractivity contribution < 1.29 is 0 Å². The van der Waals surface area contributed by atoms with Crippen LogP contribution in [0.5, 0.6) is 0 Å². The standard InChI is InChI=1S/C14H10Br2N2/c1-8-4-9(6-11(16)5-8)14-17-12-3-2-10(15)7-13(12)18-14/h2-7H,1H3,(H,17,18). The maximum atomic E-state index is 4.61. The molecule has 0 unspecified atom stereocenters.